The first-order valence-electron chi connectivity index (χ1n) is 6.16. The molecule has 2 bridgehead atoms. The van der Waals surface area contributed by atoms with Crippen molar-refractivity contribution in [1.82, 2.24) is 0 Å². The van der Waals surface area contributed by atoms with Crippen molar-refractivity contribution in [3.63, 3.8) is 0 Å². The summed E-state index contributed by atoms with van der Waals surface area (Å²) in [5.41, 5.74) is -2.70. The molecule has 2 rings (SSSR count). The number of hydrogen-bond acceptors (Lipinski definition) is 6. The van der Waals surface area contributed by atoms with Crippen LogP contribution in [0.5, 0.6) is 0 Å². The minimum Gasteiger partial charge on any atom is -0.468 e. The largest absolute Gasteiger partial charge is 0.468 e. The van der Waals surface area contributed by atoms with Gasteiger partial charge in [0.15, 0.2) is 0 Å². The molecule has 0 spiro atoms. The van der Waals surface area contributed by atoms with E-state index in [9.17, 15) is 19.2 Å². The van der Waals surface area contributed by atoms with Gasteiger partial charge in [0, 0.05) is 12.8 Å². The van der Waals surface area contributed by atoms with E-state index in [1.807, 2.05) is 0 Å². The maximum absolute atomic E-state index is 12.1. The Kier molecular flexibility index (Phi) is 3.20. The van der Waals surface area contributed by atoms with Crippen LogP contribution in [0.4, 0.5) is 0 Å². The predicted octanol–water partition coefficient (Wildman–Crippen LogP) is 0.421. The minimum absolute atomic E-state index is 0.0237. The predicted molar refractivity (Wildman–Crippen MR) is 62.0 cm³/mol. The highest BCUT2D eigenvalue weighted by Gasteiger charge is 2.64. The van der Waals surface area contributed by atoms with Gasteiger partial charge in [-0.05, 0) is 19.3 Å². The first-order valence-corrected chi connectivity index (χ1v) is 6.16. The summed E-state index contributed by atoms with van der Waals surface area (Å²) in [6.07, 6.45) is 0.176. The number of ketones is 2. The fourth-order valence-electron chi connectivity index (χ4n) is 3.27. The maximum atomic E-state index is 12.1. The molecule has 0 unspecified atom stereocenters. The molecular weight excluding hydrogens is 252 g/mol. The summed E-state index contributed by atoms with van der Waals surface area (Å²) in [6.45, 7) is 0. The standard InChI is InChI=1S/C13H16O6/c1-18-10(16)12-5-3-9(15)13(7-12,11(17)19-2)6-4-8(12)14/h3-7H2,1-2H3/t12-,13-/m1/s1. The molecule has 6 heteroatoms. The van der Waals surface area contributed by atoms with Gasteiger partial charge in [-0.2, -0.15) is 0 Å². The molecule has 2 saturated carbocycles. The van der Waals surface area contributed by atoms with Crippen LogP contribution in [-0.4, -0.2) is 37.7 Å². The van der Waals surface area contributed by atoms with Crippen LogP contribution in [0.25, 0.3) is 0 Å². The molecule has 2 atom stereocenters. The zero-order chi connectivity index (χ0) is 14.3. The Bertz CT molecular complexity index is 406. The van der Waals surface area contributed by atoms with Gasteiger partial charge in [0.05, 0.1) is 14.2 Å². The molecule has 104 valence electrons. The van der Waals surface area contributed by atoms with Crippen molar-refractivity contribution in [2.24, 2.45) is 10.8 Å². The number of carbonyl (C=O) groups is 4. The number of Topliss-reactive ketones (excluding diaryl/α,β-unsaturated/α-hetero) is 2. The molecule has 0 heterocycles. The van der Waals surface area contributed by atoms with Crippen LogP contribution in [0.15, 0.2) is 0 Å². The number of ether oxygens (including phenoxy) is 2. The molecule has 2 aliphatic carbocycles. The van der Waals surface area contributed by atoms with Crippen LogP contribution in [0.1, 0.15) is 32.1 Å². The van der Waals surface area contributed by atoms with Gasteiger partial charge >= 0.3 is 11.9 Å². The molecule has 6 nitrogen and oxygen atoms in total. The maximum Gasteiger partial charge on any atom is 0.319 e. The second-order valence-electron chi connectivity index (χ2n) is 5.17. The van der Waals surface area contributed by atoms with Gasteiger partial charge in [-0.15, -0.1) is 0 Å². The van der Waals surface area contributed by atoms with Crippen molar-refractivity contribution < 1.29 is 28.7 Å². The quantitative estimate of drug-likeness (QED) is 0.533. The van der Waals surface area contributed by atoms with Gasteiger partial charge in [0.2, 0.25) is 0 Å². The monoisotopic (exact) mass is 268 g/mol. The lowest BCUT2D eigenvalue weighted by atomic mass is 9.53. The van der Waals surface area contributed by atoms with E-state index in [0.29, 0.717) is 0 Å². The highest BCUT2D eigenvalue weighted by Crippen LogP contribution is 2.53. The lowest BCUT2D eigenvalue weighted by Gasteiger charge is -2.46. The molecule has 0 aromatic carbocycles. The van der Waals surface area contributed by atoms with Gasteiger partial charge in [0.25, 0.3) is 0 Å². The third kappa shape index (κ3) is 1.69. The third-order valence-corrected chi connectivity index (χ3v) is 4.38. The number of fused-ring (bicyclic) bond motifs is 2. The topological polar surface area (TPSA) is 86.7 Å². The van der Waals surface area contributed by atoms with Crippen LogP contribution in [0.3, 0.4) is 0 Å². The Labute approximate surface area is 110 Å². The first-order chi connectivity index (χ1) is 8.93. The molecule has 0 aromatic rings. The van der Waals surface area contributed by atoms with Crippen LogP contribution < -0.4 is 0 Å². The molecule has 19 heavy (non-hydrogen) atoms. The second-order valence-corrected chi connectivity index (χ2v) is 5.17. The summed E-state index contributed by atoms with van der Waals surface area (Å²) in [7, 11) is 2.41. The summed E-state index contributed by atoms with van der Waals surface area (Å²) < 4.78 is 9.41. The fraction of sp³-hybridized carbons (Fsp3) is 0.692. The molecule has 0 aliphatic heterocycles. The van der Waals surface area contributed by atoms with E-state index in [2.05, 4.69) is 0 Å². The molecule has 0 radical (unpaired) electrons. The molecular formula is C13H16O6. The zero-order valence-corrected chi connectivity index (χ0v) is 11.0. The van der Waals surface area contributed by atoms with Crippen molar-refractivity contribution in [2.45, 2.75) is 32.1 Å². The van der Waals surface area contributed by atoms with E-state index in [0.717, 1.165) is 0 Å². The minimum atomic E-state index is -1.35. The number of methoxy groups -OCH3 is 2. The Morgan fingerprint density at radius 1 is 0.895 bits per heavy atom. The smallest absolute Gasteiger partial charge is 0.319 e. The lowest BCUT2D eigenvalue weighted by Crippen LogP contribution is -2.58. The van der Waals surface area contributed by atoms with Crippen molar-refractivity contribution in [3.05, 3.63) is 0 Å². The van der Waals surface area contributed by atoms with Gasteiger partial charge in [-0.25, -0.2) is 0 Å². The van der Waals surface area contributed by atoms with Crippen molar-refractivity contribution >= 4 is 23.5 Å². The Balaban J connectivity index is 2.48. The summed E-state index contributed by atoms with van der Waals surface area (Å²) in [5, 5.41) is 0. The van der Waals surface area contributed by atoms with Crippen molar-refractivity contribution in [1.29, 1.82) is 0 Å². The summed E-state index contributed by atoms with van der Waals surface area (Å²) >= 11 is 0. The Hall–Kier alpha value is -1.72. The molecule has 0 aromatic heterocycles. The summed E-state index contributed by atoms with van der Waals surface area (Å²) in [6, 6.07) is 0. The van der Waals surface area contributed by atoms with Crippen molar-refractivity contribution in [3.8, 4) is 0 Å². The van der Waals surface area contributed by atoms with E-state index in [1.54, 1.807) is 0 Å². The van der Waals surface area contributed by atoms with Crippen molar-refractivity contribution in [2.75, 3.05) is 14.2 Å². The average molecular weight is 268 g/mol. The van der Waals surface area contributed by atoms with E-state index < -0.39 is 22.8 Å². The highest BCUT2D eigenvalue weighted by molar-refractivity contribution is 6.13. The Morgan fingerprint density at radius 3 is 1.58 bits per heavy atom. The lowest BCUT2D eigenvalue weighted by molar-refractivity contribution is -0.177. The molecule has 0 N–H and O–H groups in total. The fourth-order valence-corrected chi connectivity index (χ4v) is 3.27. The molecule has 0 saturated heterocycles. The van der Waals surface area contributed by atoms with Crippen LogP contribution >= 0.6 is 0 Å². The number of hydrogen-bond donors (Lipinski definition) is 0. The van der Waals surface area contributed by atoms with Gasteiger partial charge < -0.3 is 9.47 Å². The molecule has 2 fully saturated rings. The summed E-state index contributed by atoms with van der Waals surface area (Å²) in [4.78, 5) is 48.2. The highest BCUT2D eigenvalue weighted by atomic mass is 16.5. The SMILES string of the molecule is COC(=O)[C@@]12CCC(=O)[C@@](C(=O)OC)(CCC1=O)C2. The number of carbonyl (C=O) groups excluding carboxylic acids is 4. The third-order valence-electron chi connectivity index (χ3n) is 4.38. The van der Waals surface area contributed by atoms with Crippen LogP contribution in [0, 0.1) is 10.8 Å². The second kappa shape index (κ2) is 4.43. The van der Waals surface area contributed by atoms with E-state index >= 15 is 0 Å². The first kappa shape index (κ1) is 13.7. The van der Waals surface area contributed by atoms with Crippen LogP contribution in [0.2, 0.25) is 0 Å². The molecule has 2 aliphatic rings. The zero-order valence-electron chi connectivity index (χ0n) is 11.0. The van der Waals surface area contributed by atoms with E-state index in [-0.39, 0.29) is 43.7 Å². The van der Waals surface area contributed by atoms with E-state index in [1.165, 1.54) is 14.2 Å². The normalized spacial score (nSPS) is 33.8. The molecule has 0 amide bonds. The number of esters is 2. The van der Waals surface area contributed by atoms with Crippen LogP contribution in [-0.2, 0) is 28.7 Å². The number of rotatable bonds is 2. The van der Waals surface area contributed by atoms with Gasteiger partial charge in [-0.1, -0.05) is 0 Å². The Morgan fingerprint density at radius 2 is 1.26 bits per heavy atom. The van der Waals surface area contributed by atoms with Gasteiger partial charge in [-0.3, -0.25) is 19.2 Å². The van der Waals surface area contributed by atoms with E-state index in [4.69, 9.17) is 9.47 Å². The average Bonchev–Trinajstić information content (AvgIpc) is 2.44. The van der Waals surface area contributed by atoms with Gasteiger partial charge in [0.1, 0.15) is 22.4 Å². The summed E-state index contributed by atoms with van der Waals surface area (Å²) in [5.74, 6) is -1.80.